The molecule has 0 saturated heterocycles. The summed E-state index contributed by atoms with van der Waals surface area (Å²) in [7, 11) is 0. The standard InChI is InChI=1S/C32H22N2/c1-3-12-23(13-4-1)34(24-14-5-2-6-15-24)30-21-22-11-7-8-16-25(22)27-19-20-29-26-17-9-10-18-28(26)32(34)33(29)31(27)30/h1-21,32H/q+2. The molecule has 3 heterocycles. The lowest BCUT2D eigenvalue weighted by Gasteiger charge is -2.34. The number of pyridine rings is 1. The summed E-state index contributed by atoms with van der Waals surface area (Å²) >= 11 is 0. The minimum Gasteiger partial charge on any atom is -0.159 e. The van der Waals surface area contributed by atoms with Gasteiger partial charge in [-0.05, 0) is 29.0 Å². The molecule has 1 atom stereocenters. The fourth-order valence-electron chi connectivity index (χ4n) is 6.52. The molecule has 6 aromatic rings. The Morgan fingerprint density at radius 2 is 1.21 bits per heavy atom. The number of para-hydroxylation sites is 2. The van der Waals surface area contributed by atoms with Crippen LogP contribution < -0.4 is 9.05 Å². The minimum absolute atomic E-state index is 0.103. The molecule has 0 spiro atoms. The second-order valence-electron chi connectivity index (χ2n) is 9.32. The van der Waals surface area contributed by atoms with E-state index in [0.717, 1.165) is 0 Å². The van der Waals surface area contributed by atoms with E-state index in [1.807, 2.05) is 0 Å². The molecule has 5 aromatic carbocycles. The zero-order chi connectivity index (χ0) is 22.3. The van der Waals surface area contributed by atoms with Gasteiger partial charge < -0.3 is 0 Å². The molecule has 1 unspecified atom stereocenters. The van der Waals surface area contributed by atoms with E-state index in [-0.39, 0.29) is 6.17 Å². The molecule has 1 aromatic heterocycles. The molecule has 2 aliphatic heterocycles. The Kier molecular flexibility index (Phi) is 3.43. The molecule has 2 aliphatic rings. The molecule has 0 bridgehead atoms. The van der Waals surface area contributed by atoms with E-state index in [0.29, 0.717) is 4.48 Å². The second kappa shape index (κ2) is 6.40. The van der Waals surface area contributed by atoms with E-state index in [2.05, 4.69) is 132 Å². The van der Waals surface area contributed by atoms with Gasteiger partial charge in [-0.2, -0.15) is 4.48 Å². The number of fused-ring (bicyclic) bond motifs is 5. The monoisotopic (exact) mass is 434 g/mol. The zero-order valence-corrected chi connectivity index (χ0v) is 18.6. The Labute approximate surface area is 198 Å². The van der Waals surface area contributed by atoms with Gasteiger partial charge in [-0.3, -0.25) is 0 Å². The summed E-state index contributed by atoms with van der Waals surface area (Å²) in [5.41, 5.74) is 9.25. The number of hydrogen-bond acceptors (Lipinski definition) is 0. The van der Waals surface area contributed by atoms with E-state index >= 15 is 0 Å². The van der Waals surface area contributed by atoms with Crippen LogP contribution in [0.25, 0.3) is 32.9 Å². The average molecular weight is 435 g/mol. The first-order chi connectivity index (χ1) is 16.9. The Bertz CT molecular complexity index is 1710. The highest BCUT2D eigenvalue weighted by Gasteiger charge is 2.63. The van der Waals surface area contributed by atoms with Gasteiger partial charge in [0.15, 0.2) is 0 Å². The highest BCUT2D eigenvalue weighted by Crippen LogP contribution is 2.59. The van der Waals surface area contributed by atoms with Gasteiger partial charge in [0, 0.05) is 36.4 Å². The maximum absolute atomic E-state index is 2.61. The third-order valence-electron chi connectivity index (χ3n) is 7.78. The van der Waals surface area contributed by atoms with E-state index in [1.54, 1.807) is 0 Å². The van der Waals surface area contributed by atoms with Crippen molar-refractivity contribution in [3.05, 3.63) is 133 Å². The van der Waals surface area contributed by atoms with Crippen molar-refractivity contribution in [1.29, 1.82) is 0 Å². The molecule has 0 fully saturated rings. The Balaban J connectivity index is 1.66. The van der Waals surface area contributed by atoms with Crippen LogP contribution in [0.5, 0.6) is 0 Å². The summed E-state index contributed by atoms with van der Waals surface area (Å²) in [5.74, 6) is 0. The average Bonchev–Trinajstić information content (AvgIpc) is 3.41. The summed E-state index contributed by atoms with van der Waals surface area (Å²) in [4.78, 5) is 0. The minimum atomic E-state index is 0.103. The normalized spacial score (nSPS) is 16.8. The van der Waals surface area contributed by atoms with E-state index in [9.17, 15) is 0 Å². The fourth-order valence-corrected chi connectivity index (χ4v) is 6.52. The van der Waals surface area contributed by atoms with Crippen molar-refractivity contribution in [3.8, 4) is 11.3 Å². The molecule has 0 aliphatic carbocycles. The van der Waals surface area contributed by atoms with Gasteiger partial charge in [0.05, 0.1) is 16.5 Å². The van der Waals surface area contributed by atoms with E-state index in [1.165, 1.54) is 55.6 Å². The van der Waals surface area contributed by atoms with Gasteiger partial charge in [0.1, 0.15) is 11.4 Å². The quantitative estimate of drug-likeness (QED) is 0.149. The molecule has 2 heteroatoms. The molecule has 8 rings (SSSR count). The number of rotatable bonds is 2. The molecule has 158 valence electrons. The van der Waals surface area contributed by atoms with Crippen molar-refractivity contribution in [3.63, 3.8) is 0 Å². The third-order valence-corrected chi connectivity index (χ3v) is 7.78. The Hall–Kier alpha value is -4.27. The molecular formula is C32H22N2+2. The SMILES string of the molecule is c1ccc([N+]2(c3ccccc3)c3cc4ccccc4c4ccc5[n+](c34)C2c2ccccc2-5)cc1. The first-order valence-corrected chi connectivity index (χ1v) is 11.9. The van der Waals surface area contributed by atoms with Crippen molar-refractivity contribution in [2.45, 2.75) is 6.17 Å². The number of quaternary nitrogens is 1. The fraction of sp³-hybridized carbons (Fsp3) is 0.0312. The molecule has 0 amide bonds. The van der Waals surface area contributed by atoms with Gasteiger partial charge in [-0.25, -0.2) is 0 Å². The van der Waals surface area contributed by atoms with Crippen LogP contribution in [0.3, 0.4) is 0 Å². The van der Waals surface area contributed by atoms with Crippen LogP contribution in [0.1, 0.15) is 11.7 Å². The molecular weight excluding hydrogens is 412 g/mol. The van der Waals surface area contributed by atoms with Crippen LogP contribution in [0.4, 0.5) is 17.1 Å². The predicted molar refractivity (Wildman–Crippen MR) is 139 cm³/mol. The van der Waals surface area contributed by atoms with Gasteiger partial charge in [-0.15, -0.1) is 4.57 Å². The summed E-state index contributed by atoms with van der Waals surface area (Å²) in [6.07, 6.45) is 0.103. The zero-order valence-electron chi connectivity index (χ0n) is 18.6. The lowest BCUT2D eigenvalue weighted by Crippen LogP contribution is -2.50. The third kappa shape index (κ3) is 2.03. The highest BCUT2D eigenvalue weighted by molar-refractivity contribution is 6.12. The summed E-state index contributed by atoms with van der Waals surface area (Å²) in [6, 6.07) is 47.0. The number of hydrogen-bond donors (Lipinski definition) is 0. The largest absolute Gasteiger partial charge is 0.327 e. The van der Waals surface area contributed by atoms with Crippen molar-refractivity contribution in [2.24, 2.45) is 0 Å². The molecule has 0 N–H and O–H groups in total. The molecule has 2 nitrogen and oxygen atoms in total. The van der Waals surface area contributed by atoms with Crippen molar-refractivity contribution >= 4 is 38.7 Å². The Morgan fingerprint density at radius 1 is 0.559 bits per heavy atom. The number of nitrogens with zero attached hydrogens (tertiary/aromatic N) is 2. The van der Waals surface area contributed by atoms with E-state index < -0.39 is 0 Å². The van der Waals surface area contributed by atoms with Gasteiger partial charge in [0.2, 0.25) is 11.4 Å². The molecule has 0 radical (unpaired) electrons. The van der Waals surface area contributed by atoms with Crippen molar-refractivity contribution in [1.82, 2.24) is 4.48 Å². The summed E-state index contributed by atoms with van der Waals surface area (Å²) < 4.78 is 3.26. The maximum atomic E-state index is 2.61. The topological polar surface area (TPSA) is 3.88 Å². The van der Waals surface area contributed by atoms with Crippen LogP contribution in [-0.4, -0.2) is 0 Å². The second-order valence-corrected chi connectivity index (χ2v) is 9.32. The van der Waals surface area contributed by atoms with Crippen LogP contribution in [0.15, 0.2) is 127 Å². The lowest BCUT2D eigenvalue weighted by atomic mass is 9.97. The smallest absolute Gasteiger partial charge is 0.159 e. The molecule has 0 saturated carbocycles. The van der Waals surface area contributed by atoms with Crippen LogP contribution in [-0.2, 0) is 0 Å². The van der Waals surface area contributed by atoms with E-state index in [4.69, 9.17) is 0 Å². The lowest BCUT2D eigenvalue weighted by molar-refractivity contribution is -0.677. The highest BCUT2D eigenvalue weighted by atomic mass is 15.5. The predicted octanol–water partition coefficient (Wildman–Crippen LogP) is 7.79. The molecule has 34 heavy (non-hydrogen) atoms. The first-order valence-electron chi connectivity index (χ1n) is 11.9. The van der Waals surface area contributed by atoms with Gasteiger partial charge >= 0.3 is 6.17 Å². The van der Waals surface area contributed by atoms with Crippen LogP contribution >= 0.6 is 0 Å². The van der Waals surface area contributed by atoms with Crippen molar-refractivity contribution < 1.29 is 4.57 Å². The van der Waals surface area contributed by atoms with Crippen LogP contribution in [0, 0.1) is 0 Å². The van der Waals surface area contributed by atoms with Gasteiger partial charge in [0.25, 0.3) is 5.52 Å². The number of aromatic nitrogens is 1. The Morgan fingerprint density at radius 3 is 1.97 bits per heavy atom. The van der Waals surface area contributed by atoms with Gasteiger partial charge in [-0.1, -0.05) is 72.8 Å². The summed E-state index contributed by atoms with van der Waals surface area (Å²) in [5, 5.41) is 3.92. The maximum Gasteiger partial charge on any atom is 0.327 e. The first kappa shape index (κ1) is 18.2. The van der Waals surface area contributed by atoms with Crippen LogP contribution in [0.2, 0.25) is 0 Å². The summed E-state index contributed by atoms with van der Waals surface area (Å²) in [6.45, 7) is 0. The van der Waals surface area contributed by atoms with Crippen molar-refractivity contribution in [2.75, 3.05) is 0 Å². The number of benzene rings is 5.